The van der Waals surface area contributed by atoms with Crippen molar-refractivity contribution in [3.8, 4) is 11.5 Å². The van der Waals surface area contributed by atoms with E-state index in [0.717, 1.165) is 17.1 Å². The Morgan fingerprint density at radius 1 is 1.00 bits per heavy atom. The molecule has 3 rings (SSSR count). The number of nitrogens with one attached hydrogen (secondary N) is 1. The molecule has 0 aliphatic carbocycles. The summed E-state index contributed by atoms with van der Waals surface area (Å²) >= 11 is 6.24. The Balaban J connectivity index is 1.48. The van der Waals surface area contributed by atoms with Crippen LogP contribution in [-0.2, 0) is 4.79 Å². The molecule has 0 atom stereocenters. The zero-order valence-corrected chi connectivity index (χ0v) is 15.3. The molecule has 0 saturated carbocycles. The van der Waals surface area contributed by atoms with Gasteiger partial charge in [0, 0.05) is 0 Å². The highest BCUT2D eigenvalue weighted by molar-refractivity contribution is 8.26. The molecule has 1 N–H and O–H groups in total. The summed E-state index contributed by atoms with van der Waals surface area (Å²) in [5.41, 5.74) is 2.12. The van der Waals surface area contributed by atoms with Crippen molar-refractivity contribution in [1.82, 2.24) is 5.32 Å². The average molecular weight is 371 g/mol. The van der Waals surface area contributed by atoms with E-state index in [-0.39, 0.29) is 5.91 Å². The van der Waals surface area contributed by atoms with Crippen molar-refractivity contribution in [2.45, 2.75) is 6.92 Å². The van der Waals surface area contributed by atoms with Crippen molar-refractivity contribution < 1.29 is 14.3 Å². The van der Waals surface area contributed by atoms with Crippen molar-refractivity contribution in [2.75, 3.05) is 13.2 Å². The lowest BCUT2D eigenvalue weighted by Gasteiger charge is -2.08. The summed E-state index contributed by atoms with van der Waals surface area (Å²) in [6, 6.07) is 15.5. The largest absolute Gasteiger partial charge is 0.490 e. The predicted molar refractivity (Wildman–Crippen MR) is 105 cm³/mol. The topological polar surface area (TPSA) is 47.6 Å². The number of hydrogen-bond acceptors (Lipinski definition) is 5. The lowest BCUT2D eigenvalue weighted by Crippen LogP contribution is -2.17. The second kappa shape index (κ2) is 8.18. The van der Waals surface area contributed by atoms with Crippen LogP contribution in [0, 0.1) is 6.92 Å². The number of carbonyl (C=O) groups excluding carboxylic acids is 1. The van der Waals surface area contributed by atoms with Gasteiger partial charge in [0.15, 0.2) is 0 Å². The van der Waals surface area contributed by atoms with Gasteiger partial charge in [0.05, 0.1) is 4.91 Å². The van der Waals surface area contributed by atoms with E-state index in [1.165, 1.54) is 17.3 Å². The first-order chi connectivity index (χ1) is 12.1. The van der Waals surface area contributed by atoms with Crippen LogP contribution in [0.5, 0.6) is 11.5 Å². The lowest BCUT2D eigenvalue weighted by molar-refractivity contribution is -0.115. The Morgan fingerprint density at radius 3 is 2.08 bits per heavy atom. The second-order valence-electron chi connectivity index (χ2n) is 5.43. The van der Waals surface area contributed by atoms with Crippen LogP contribution in [0.2, 0.25) is 0 Å². The SMILES string of the molecule is Cc1ccc(OCCOc2ccc(C=C3SC(=S)NC3=O)cc2)cc1. The van der Waals surface area contributed by atoms with Gasteiger partial charge in [-0.1, -0.05) is 53.8 Å². The molecule has 4 nitrogen and oxygen atoms in total. The standard InChI is InChI=1S/C19H17NO3S2/c1-13-2-6-15(7-3-13)22-10-11-23-16-8-4-14(5-9-16)12-17-18(21)20-19(24)25-17/h2-9,12H,10-11H2,1H3,(H,20,21,24). The van der Waals surface area contributed by atoms with Gasteiger partial charge in [-0.3, -0.25) is 4.79 Å². The van der Waals surface area contributed by atoms with Gasteiger partial charge in [-0.05, 0) is 42.8 Å². The Hall–Kier alpha value is -2.31. The molecule has 1 heterocycles. The van der Waals surface area contributed by atoms with Crippen molar-refractivity contribution in [3.63, 3.8) is 0 Å². The number of amides is 1. The number of hydrogen-bond donors (Lipinski definition) is 1. The predicted octanol–water partition coefficient (Wildman–Crippen LogP) is 3.94. The number of rotatable bonds is 6. The number of ether oxygens (including phenoxy) is 2. The number of aryl methyl sites for hydroxylation is 1. The van der Waals surface area contributed by atoms with Crippen LogP contribution in [0.1, 0.15) is 11.1 Å². The number of carbonyl (C=O) groups is 1. The van der Waals surface area contributed by atoms with Gasteiger partial charge in [0.2, 0.25) is 0 Å². The van der Waals surface area contributed by atoms with E-state index in [4.69, 9.17) is 21.7 Å². The number of thiocarbonyl (C=S) groups is 1. The molecule has 2 aromatic carbocycles. The summed E-state index contributed by atoms with van der Waals surface area (Å²) in [6.07, 6.45) is 1.81. The smallest absolute Gasteiger partial charge is 0.263 e. The lowest BCUT2D eigenvalue weighted by atomic mass is 10.2. The first-order valence-corrected chi connectivity index (χ1v) is 9.00. The Labute approximate surface area is 156 Å². The van der Waals surface area contributed by atoms with Gasteiger partial charge < -0.3 is 14.8 Å². The third-order valence-corrected chi connectivity index (χ3v) is 4.62. The zero-order chi connectivity index (χ0) is 17.6. The third-order valence-electron chi connectivity index (χ3n) is 3.46. The van der Waals surface area contributed by atoms with Crippen LogP contribution in [0.15, 0.2) is 53.4 Å². The second-order valence-corrected chi connectivity index (χ2v) is 7.15. The molecule has 1 aliphatic heterocycles. The number of thioether (sulfide) groups is 1. The summed E-state index contributed by atoms with van der Waals surface area (Å²) in [6.45, 7) is 2.97. The molecule has 1 saturated heterocycles. The molecule has 0 spiro atoms. The van der Waals surface area contributed by atoms with Crippen LogP contribution in [0.4, 0.5) is 0 Å². The molecule has 25 heavy (non-hydrogen) atoms. The first-order valence-electron chi connectivity index (χ1n) is 7.77. The summed E-state index contributed by atoms with van der Waals surface area (Å²) in [5.74, 6) is 1.44. The molecule has 0 bridgehead atoms. The summed E-state index contributed by atoms with van der Waals surface area (Å²) in [7, 11) is 0. The monoisotopic (exact) mass is 371 g/mol. The van der Waals surface area contributed by atoms with Crippen molar-refractivity contribution in [3.05, 3.63) is 64.6 Å². The normalized spacial score (nSPS) is 15.3. The van der Waals surface area contributed by atoms with E-state index in [1.54, 1.807) is 0 Å². The van der Waals surface area contributed by atoms with E-state index in [0.29, 0.717) is 22.4 Å². The minimum Gasteiger partial charge on any atom is -0.490 e. The van der Waals surface area contributed by atoms with Crippen LogP contribution in [0.3, 0.4) is 0 Å². The van der Waals surface area contributed by atoms with Gasteiger partial charge in [-0.25, -0.2) is 0 Å². The van der Waals surface area contributed by atoms with Crippen molar-refractivity contribution in [1.29, 1.82) is 0 Å². The fourth-order valence-corrected chi connectivity index (χ4v) is 3.23. The minimum atomic E-state index is -0.149. The van der Waals surface area contributed by atoms with Gasteiger partial charge in [-0.15, -0.1) is 0 Å². The Bertz CT molecular complexity index is 798. The first kappa shape index (κ1) is 17.5. The average Bonchev–Trinajstić information content (AvgIpc) is 2.92. The van der Waals surface area contributed by atoms with Crippen LogP contribution >= 0.6 is 24.0 Å². The fraction of sp³-hybridized carbons (Fsp3) is 0.158. The highest BCUT2D eigenvalue weighted by Crippen LogP contribution is 2.26. The van der Waals surface area contributed by atoms with Crippen LogP contribution in [-0.4, -0.2) is 23.4 Å². The maximum atomic E-state index is 11.6. The van der Waals surface area contributed by atoms with Gasteiger partial charge in [0.25, 0.3) is 5.91 Å². The molecule has 0 radical (unpaired) electrons. The van der Waals surface area contributed by atoms with Gasteiger partial charge in [-0.2, -0.15) is 0 Å². The van der Waals surface area contributed by atoms with E-state index in [1.807, 2.05) is 61.5 Å². The quantitative estimate of drug-likeness (QED) is 0.473. The van der Waals surface area contributed by atoms with E-state index < -0.39 is 0 Å². The summed E-state index contributed by atoms with van der Waals surface area (Å²) in [4.78, 5) is 12.2. The molecule has 1 aliphatic rings. The van der Waals surface area contributed by atoms with Crippen LogP contribution < -0.4 is 14.8 Å². The molecule has 2 aromatic rings. The molecule has 1 amide bonds. The molecular weight excluding hydrogens is 354 g/mol. The molecule has 128 valence electrons. The Kier molecular flexibility index (Phi) is 5.73. The molecular formula is C19H17NO3S2. The molecule has 0 aromatic heterocycles. The maximum absolute atomic E-state index is 11.6. The summed E-state index contributed by atoms with van der Waals surface area (Å²) < 4.78 is 11.8. The minimum absolute atomic E-state index is 0.149. The maximum Gasteiger partial charge on any atom is 0.263 e. The fourth-order valence-electron chi connectivity index (χ4n) is 2.19. The van der Waals surface area contributed by atoms with E-state index in [9.17, 15) is 4.79 Å². The highest BCUT2D eigenvalue weighted by atomic mass is 32.2. The van der Waals surface area contributed by atoms with Crippen molar-refractivity contribution >= 4 is 40.3 Å². The van der Waals surface area contributed by atoms with Gasteiger partial charge in [0.1, 0.15) is 29.0 Å². The highest BCUT2D eigenvalue weighted by Gasteiger charge is 2.21. The van der Waals surface area contributed by atoms with Gasteiger partial charge >= 0.3 is 0 Å². The zero-order valence-electron chi connectivity index (χ0n) is 13.7. The summed E-state index contributed by atoms with van der Waals surface area (Å²) in [5, 5.41) is 2.60. The molecule has 1 fully saturated rings. The van der Waals surface area contributed by atoms with Crippen LogP contribution in [0.25, 0.3) is 6.08 Å². The van der Waals surface area contributed by atoms with E-state index in [2.05, 4.69) is 5.32 Å². The molecule has 0 unspecified atom stereocenters. The Morgan fingerprint density at radius 2 is 1.56 bits per heavy atom. The molecule has 6 heteroatoms. The number of benzene rings is 2. The van der Waals surface area contributed by atoms with E-state index >= 15 is 0 Å². The van der Waals surface area contributed by atoms with Crippen molar-refractivity contribution in [2.24, 2.45) is 0 Å². The third kappa shape index (κ3) is 5.08.